The number of aliphatic hydroxyl groups is 1. The number of carbonyl (C=O) groups is 1. The Hall–Kier alpha value is -3.43. The summed E-state index contributed by atoms with van der Waals surface area (Å²) in [5.74, 6) is -0.527. The molecular formula is C20H21N5O3S. The number of nitrogens with one attached hydrogen (secondary N) is 4. The van der Waals surface area contributed by atoms with Crippen molar-refractivity contribution in [3.8, 4) is 5.88 Å². The van der Waals surface area contributed by atoms with Crippen molar-refractivity contribution >= 4 is 39.7 Å². The van der Waals surface area contributed by atoms with E-state index in [-0.39, 0.29) is 35.8 Å². The molecule has 0 bridgehead atoms. The predicted molar refractivity (Wildman–Crippen MR) is 114 cm³/mol. The number of carbonyl (C=O) groups excluding carboxylic acids is 1. The van der Waals surface area contributed by atoms with E-state index in [9.17, 15) is 9.90 Å². The van der Waals surface area contributed by atoms with Gasteiger partial charge in [-0.15, -0.1) is 0 Å². The summed E-state index contributed by atoms with van der Waals surface area (Å²) in [5.41, 5.74) is 2.11. The van der Waals surface area contributed by atoms with Crippen LogP contribution in [0, 0.1) is 5.41 Å². The lowest BCUT2D eigenvalue weighted by atomic mass is 10.2. The van der Waals surface area contributed by atoms with Crippen LogP contribution in [0.4, 0.5) is 16.4 Å². The lowest BCUT2D eigenvalue weighted by Gasteiger charge is -2.14. The first-order valence-corrected chi connectivity index (χ1v) is 9.63. The summed E-state index contributed by atoms with van der Waals surface area (Å²) in [7, 11) is 0. The normalized spacial score (nSPS) is 11.5. The molecule has 3 rings (SSSR count). The molecule has 0 saturated heterocycles. The van der Waals surface area contributed by atoms with Crippen LogP contribution in [0.1, 0.15) is 22.8 Å². The molecule has 9 heteroatoms. The third-order valence-corrected chi connectivity index (χ3v) is 4.78. The molecule has 150 valence electrons. The highest BCUT2D eigenvalue weighted by Gasteiger charge is 2.19. The van der Waals surface area contributed by atoms with E-state index in [4.69, 9.17) is 10.5 Å². The van der Waals surface area contributed by atoms with Gasteiger partial charge in [0, 0.05) is 23.0 Å². The zero-order valence-electron chi connectivity index (χ0n) is 15.6. The van der Waals surface area contributed by atoms with Crippen LogP contribution in [-0.2, 0) is 0 Å². The number of rotatable bonds is 7. The predicted octanol–water partition coefficient (Wildman–Crippen LogP) is 3.14. The molecule has 1 unspecified atom stereocenters. The molecular weight excluding hydrogens is 390 g/mol. The summed E-state index contributed by atoms with van der Waals surface area (Å²) >= 11 is 1.01. The van der Waals surface area contributed by atoms with Crippen molar-refractivity contribution in [3.63, 3.8) is 0 Å². The van der Waals surface area contributed by atoms with Crippen LogP contribution in [0.2, 0.25) is 0 Å². The number of amidine groups is 1. The van der Waals surface area contributed by atoms with Crippen molar-refractivity contribution < 1.29 is 15.0 Å². The Kier molecular flexibility index (Phi) is 6.43. The maximum absolute atomic E-state index is 12.3. The van der Waals surface area contributed by atoms with Gasteiger partial charge in [-0.05, 0) is 54.9 Å². The van der Waals surface area contributed by atoms with E-state index >= 15 is 0 Å². The summed E-state index contributed by atoms with van der Waals surface area (Å²) in [6, 6.07) is 15.7. The molecule has 1 amide bonds. The second kappa shape index (κ2) is 9.18. The van der Waals surface area contributed by atoms with Crippen LogP contribution in [0.3, 0.4) is 0 Å². The number of nitrogens with zero attached hydrogens (tertiary/aromatic N) is 1. The molecule has 1 heterocycles. The molecule has 29 heavy (non-hydrogen) atoms. The number of benzene rings is 2. The molecule has 0 aliphatic rings. The third-order valence-electron chi connectivity index (χ3n) is 4.03. The molecule has 6 N–H and O–H groups in total. The molecule has 0 aliphatic heterocycles. The van der Waals surface area contributed by atoms with Crippen LogP contribution in [-0.4, -0.2) is 39.0 Å². The van der Waals surface area contributed by atoms with E-state index in [0.29, 0.717) is 21.9 Å². The van der Waals surface area contributed by atoms with Crippen LogP contribution < -0.4 is 16.0 Å². The van der Waals surface area contributed by atoms with Gasteiger partial charge in [-0.25, -0.2) is 0 Å². The number of para-hydroxylation sites is 1. The van der Waals surface area contributed by atoms with Gasteiger partial charge < -0.3 is 26.2 Å². The van der Waals surface area contributed by atoms with Gasteiger partial charge in [0.15, 0.2) is 0 Å². The molecule has 2 aromatic carbocycles. The van der Waals surface area contributed by atoms with Crippen LogP contribution >= 0.6 is 11.5 Å². The quantitative estimate of drug-likeness (QED) is 0.262. The highest BCUT2D eigenvalue weighted by atomic mass is 32.1. The molecule has 1 atom stereocenters. The zero-order valence-corrected chi connectivity index (χ0v) is 16.5. The highest BCUT2D eigenvalue weighted by Crippen LogP contribution is 2.32. The molecule has 0 saturated carbocycles. The SMILES string of the molecule is CC(CO)NC(=N)c1c(O)nsc1Nc1ccc(C(=O)Nc2ccccc2)cc1. The molecule has 0 radical (unpaired) electrons. The lowest BCUT2D eigenvalue weighted by Crippen LogP contribution is -2.35. The summed E-state index contributed by atoms with van der Waals surface area (Å²) in [6.07, 6.45) is 0. The van der Waals surface area contributed by atoms with E-state index in [1.807, 2.05) is 30.3 Å². The minimum absolute atomic E-state index is 0.0424. The highest BCUT2D eigenvalue weighted by molar-refractivity contribution is 7.11. The Morgan fingerprint density at radius 3 is 2.48 bits per heavy atom. The van der Waals surface area contributed by atoms with Crippen molar-refractivity contribution in [2.24, 2.45) is 0 Å². The Morgan fingerprint density at radius 1 is 1.14 bits per heavy atom. The van der Waals surface area contributed by atoms with E-state index in [1.165, 1.54) is 0 Å². The van der Waals surface area contributed by atoms with Gasteiger partial charge in [0.05, 0.1) is 6.61 Å². The fraction of sp³-hybridized carbons (Fsp3) is 0.150. The second-order valence-corrected chi connectivity index (χ2v) is 7.11. The molecule has 3 aromatic rings. The second-order valence-electron chi connectivity index (χ2n) is 6.34. The number of aliphatic hydroxyl groups excluding tert-OH is 1. The van der Waals surface area contributed by atoms with Gasteiger partial charge in [0.1, 0.15) is 16.4 Å². The Bertz CT molecular complexity index is 989. The number of amides is 1. The van der Waals surface area contributed by atoms with Crippen molar-refractivity contribution in [2.45, 2.75) is 13.0 Å². The minimum Gasteiger partial charge on any atom is -0.492 e. The molecule has 0 spiro atoms. The van der Waals surface area contributed by atoms with Crippen molar-refractivity contribution in [1.29, 1.82) is 5.41 Å². The monoisotopic (exact) mass is 411 g/mol. The summed E-state index contributed by atoms with van der Waals surface area (Å²) in [5, 5.41) is 36.4. The fourth-order valence-electron chi connectivity index (χ4n) is 2.52. The zero-order chi connectivity index (χ0) is 20.8. The number of aromatic hydroxyl groups is 1. The van der Waals surface area contributed by atoms with Crippen molar-refractivity contribution in [1.82, 2.24) is 9.69 Å². The molecule has 8 nitrogen and oxygen atoms in total. The lowest BCUT2D eigenvalue weighted by molar-refractivity contribution is 0.102. The van der Waals surface area contributed by atoms with Gasteiger partial charge in [0.25, 0.3) is 5.91 Å². The standard InChI is InChI=1S/C20H21N5O3S/c1-12(11-26)22-17(21)16-19(28)25-29-20(16)24-15-9-7-13(8-10-15)18(27)23-14-5-3-2-4-6-14/h2-10,12,24,26H,11H2,1H3,(H2,21,22)(H,23,27)(H,25,28). The molecule has 0 aliphatic carbocycles. The maximum atomic E-state index is 12.3. The van der Waals surface area contributed by atoms with Crippen LogP contribution in [0.5, 0.6) is 5.88 Å². The van der Waals surface area contributed by atoms with Gasteiger partial charge in [0.2, 0.25) is 5.88 Å². The first kappa shape index (κ1) is 20.3. The first-order valence-electron chi connectivity index (χ1n) is 8.86. The van der Waals surface area contributed by atoms with Gasteiger partial charge in [-0.3, -0.25) is 10.2 Å². The summed E-state index contributed by atoms with van der Waals surface area (Å²) in [6.45, 7) is 1.58. The first-order chi connectivity index (χ1) is 14.0. The van der Waals surface area contributed by atoms with Gasteiger partial charge in [-0.1, -0.05) is 18.2 Å². The topological polar surface area (TPSA) is 130 Å². The van der Waals surface area contributed by atoms with E-state index < -0.39 is 0 Å². The Labute approximate surface area is 171 Å². The summed E-state index contributed by atoms with van der Waals surface area (Å²) in [4.78, 5) is 12.3. The van der Waals surface area contributed by atoms with E-state index in [0.717, 1.165) is 11.5 Å². The number of anilines is 3. The third kappa shape index (κ3) is 5.09. The number of hydrogen-bond acceptors (Lipinski definition) is 7. The Balaban J connectivity index is 1.70. The fourth-order valence-corrected chi connectivity index (χ4v) is 3.23. The maximum Gasteiger partial charge on any atom is 0.255 e. The molecule has 1 aromatic heterocycles. The van der Waals surface area contributed by atoms with Crippen molar-refractivity contribution in [2.75, 3.05) is 17.2 Å². The van der Waals surface area contributed by atoms with Crippen LogP contribution in [0.25, 0.3) is 0 Å². The largest absolute Gasteiger partial charge is 0.492 e. The van der Waals surface area contributed by atoms with E-state index in [1.54, 1.807) is 31.2 Å². The number of hydrogen-bond donors (Lipinski definition) is 6. The Morgan fingerprint density at radius 2 is 1.83 bits per heavy atom. The minimum atomic E-state index is -0.336. The van der Waals surface area contributed by atoms with Crippen LogP contribution in [0.15, 0.2) is 54.6 Å². The molecule has 0 fully saturated rings. The average Bonchev–Trinajstić information content (AvgIpc) is 3.09. The number of aromatic nitrogens is 1. The van der Waals surface area contributed by atoms with Gasteiger partial charge in [-0.2, -0.15) is 4.37 Å². The smallest absolute Gasteiger partial charge is 0.255 e. The average molecular weight is 411 g/mol. The summed E-state index contributed by atoms with van der Waals surface area (Å²) < 4.78 is 3.89. The van der Waals surface area contributed by atoms with Gasteiger partial charge >= 0.3 is 0 Å². The van der Waals surface area contributed by atoms with E-state index in [2.05, 4.69) is 20.3 Å². The van der Waals surface area contributed by atoms with Crippen molar-refractivity contribution in [3.05, 3.63) is 65.7 Å².